The summed E-state index contributed by atoms with van der Waals surface area (Å²) < 4.78 is 22.7. The van der Waals surface area contributed by atoms with Gasteiger partial charge in [0.05, 0.1) is 11.0 Å². The van der Waals surface area contributed by atoms with Crippen LogP contribution in [0.15, 0.2) is 29.2 Å². The quantitative estimate of drug-likeness (QED) is 0.766. The first-order chi connectivity index (χ1) is 9.34. The van der Waals surface area contributed by atoms with E-state index in [-0.39, 0.29) is 4.90 Å². The van der Waals surface area contributed by atoms with Gasteiger partial charge in [0.1, 0.15) is 0 Å². The highest BCUT2D eigenvalue weighted by Gasteiger charge is 2.11. The van der Waals surface area contributed by atoms with Crippen molar-refractivity contribution >= 4 is 21.6 Å². The summed E-state index contributed by atoms with van der Waals surface area (Å²) in [5, 5.41) is 13.3. The van der Waals surface area contributed by atoms with E-state index >= 15 is 0 Å². The molecule has 4 nitrogen and oxygen atoms in total. The van der Waals surface area contributed by atoms with Crippen molar-refractivity contribution in [3.8, 4) is 0 Å². The third-order valence-electron chi connectivity index (χ3n) is 2.92. The van der Waals surface area contributed by atoms with E-state index in [1.807, 2.05) is 11.8 Å². The average molecular weight is 317 g/mol. The predicted octanol–water partition coefficient (Wildman–Crippen LogP) is 1.85. The van der Waals surface area contributed by atoms with Crippen LogP contribution in [0.5, 0.6) is 0 Å². The van der Waals surface area contributed by atoms with Gasteiger partial charge in [0, 0.05) is 24.6 Å². The fraction of sp³-hybridized carbons (Fsp3) is 0.571. The Bertz CT molecular complexity index is 500. The number of thioether (sulfide) groups is 1. The third kappa shape index (κ3) is 5.83. The number of hydrogen-bond acceptors (Lipinski definition) is 5. The maximum atomic E-state index is 11.4. The Kier molecular flexibility index (Phi) is 7.02. The SMILES string of the molecule is CCSCC(C)NCC(O)c1ccc(S(C)(=O)=O)cc1. The fourth-order valence-electron chi connectivity index (χ4n) is 1.72. The average Bonchev–Trinajstić information content (AvgIpc) is 2.41. The van der Waals surface area contributed by atoms with E-state index in [9.17, 15) is 13.5 Å². The van der Waals surface area contributed by atoms with Crippen LogP contribution in [0.4, 0.5) is 0 Å². The Labute approximate surface area is 125 Å². The van der Waals surface area contributed by atoms with Gasteiger partial charge in [0.15, 0.2) is 9.84 Å². The van der Waals surface area contributed by atoms with Gasteiger partial charge < -0.3 is 10.4 Å². The second kappa shape index (κ2) is 8.02. The molecule has 6 heteroatoms. The largest absolute Gasteiger partial charge is 0.387 e. The van der Waals surface area contributed by atoms with Crippen molar-refractivity contribution in [1.82, 2.24) is 5.32 Å². The fourth-order valence-corrected chi connectivity index (χ4v) is 3.06. The standard InChI is InChI=1S/C14H23NO3S2/c1-4-19-10-11(2)15-9-14(16)12-5-7-13(8-6-12)20(3,17)18/h5-8,11,14-16H,4,9-10H2,1-3H3. The summed E-state index contributed by atoms with van der Waals surface area (Å²) in [5.41, 5.74) is 0.722. The summed E-state index contributed by atoms with van der Waals surface area (Å²) in [4.78, 5) is 0.272. The highest BCUT2D eigenvalue weighted by atomic mass is 32.2. The van der Waals surface area contributed by atoms with Crippen LogP contribution in [-0.4, -0.2) is 43.9 Å². The maximum Gasteiger partial charge on any atom is 0.175 e. The molecule has 1 rings (SSSR count). The summed E-state index contributed by atoms with van der Waals surface area (Å²) in [7, 11) is -3.18. The van der Waals surface area contributed by atoms with E-state index in [0.29, 0.717) is 12.6 Å². The first-order valence-corrected chi connectivity index (χ1v) is 9.68. The molecule has 0 aliphatic rings. The topological polar surface area (TPSA) is 66.4 Å². The Morgan fingerprint density at radius 1 is 1.30 bits per heavy atom. The first-order valence-electron chi connectivity index (χ1n) is 6.63. The minimum absolute atomic E-state index is 0.272. The molecule has 2 atom stereocenters. The van der Waals surface area contributed by atoms with Crippen molar-refractivity contribution in [3.05, 3.63) is 29.8 Å². The van der Waals surface area contributed by atoms with Crippen LogP contribution in [0.3, 0.4) is 0 Å². The normalized spacial score (nSPS) is 15.0. The number of benzene rings is 1. The number of nitrogens with one attached hydrogen (secondary N) is 1. The molecule has 20 heavy (non-hydrogen) atoms. The van der Waals surface area contributed by atoms with Crippen LogP contribution < -0.4 is 5.32 Å². The van der Waals surface area contributed by atoms with Gasteiger partial charge >= 0.3 is 0 Å². The Balaban J connectivity index is 2.54. The van der Waals surface area contributed by atoms with Crippen LogP contribution >= 0.6 is 11.8 Å². The molecule has 0 aliphatic heterocycles. The van der Waals surface area contributed by atoms with Gasteiger partial charge in [0.25, 0.3) is 0 Å². The highest BCUT2D eigenvalue weighted by Crippen LogP contribution is 2.16. The molecule has 0 aromatic heterocycles. The van der Waals surface area contributed by atoms with Gasteiger partial charge in [-0.25, -0.2) is 8.42 Å². The molecule has 0 heterocycles. The van der Waals surface area contributed by atoms with Crippen molar-refractivity contribution in [3.63, 3.8) is 0 Å². The molecular formula is C14H23NO3S2. The lowest BCUT2D eigenvalue weighted by atomic mass is 10.1. The Hall–Kier alpha value is -0.560. The maximum absolute atomic E-state index is 11.4. The van der Waals surface area contributed by atoms with E-state index in [4.69, 9.17) is 0 Å². The van der Waals surface area contributed by atoms with Gasteiger partial charge in [-0.15, -0.1) is 0 Å². The van der Waals surface area contributed by atoms with Gasteiger partial charge in [-0.1, -0.05) is 19.1 Å². The predicted molar refractivity (Wildman–Crippen MR) is 85.0 cm³/mol. The first kappa shape index (κ1) is 17.5. The molecule has 114 valence electrons. The lowest BCUT2D eigenvalue weighted by Crippen LogP contribution is -2.32. The number of aliphatic hydroxyl groups is 1. The number of rotatable bonds is 8. The lowest BCUT2D eigenvalue weighted by Gasteiger charge is -2.17. The molecule has 0 amide bonds. The zero-order chi connectivity index (χ0) is 15.2. The van der Waals surface area contributed by atoms with E-state index in [2.05, 4.69) is 19.2 Å². The monoisotopic (exact) mass is 317 g/mol. The van der Waals surface area contributed by atoms with Crippen molar-refractivity contribution in [2.24, 2.45) is 0 Å². The molecular weight excluding hydrogens is 294 g/mol. The smallest absolute Gasteiger partial charge is 0.175 e. The van der Waals surface area contributed by atoms with Crippen LogP contribution in [0.2, 0.25) is 0 Å². The van der Waals surface area contributed by atoms with Gasteiger partial charge in [0.2, 0.25) is 0 Å². The van der Waals surface area contributed by atoms with E-state index in [1.54, 1.807) is 12.1 Å². The minimum atomic E-state index is -3.18. The summed E-state index contributed by atoms with van der Waals surface area (Å²) in [6.45, 7) is 4.67. The second-order valence-electron chi connectivity index (χ2n) is 4.83. The molecule has 0 bridgehead atoms. The summed E-state index contributed by atoms with van der Waals surface area (Å²) in [6.07, 6.45) is 0.547. The van der Waals surface area contributed by atoms with E-state index < -0.39 is 15.9 Å². The molecule has 2 unspecified atom stereocenters. The van der Waals surface area contributed by atoms with Gasteiger partial charge in [-0.2, -0.15) is 11.8 Å². The highest BCUT2D eigenvalue weighted by molar-refractivity contribution is 7.99. The second-order valence-corrected chi connectivity index (χ2v) is 8.16. The van der Waals surface area contributed by atoms with Crippen LogP contribution in [0.25, 0.3) is 0 Å². The summed E-state index contributed by atoms with van der Waals surface area (Å²) in [6, 6.07) is 6.72. The molecule has 2 N–H and O–H groups in total. The molecule has 1 aromatic rings. The van der Waals surface area contributed by atoms with E-state index in [1.165, 1.54) is 18.4 Å². The van der Waals surface area contributed by atoms with Gasteiger partial charge in [-0.05, 0) is 30.4 Å². The molecule has 0 saturated carbocycles. The minimum Gasteiger partial charge on any atom is -0.387 e. The number of aliphatic hydroxyl groups excluding tert-OH is 1. The van der Waals surface area contributed by atoms with E-state index in [0.717, 1.165) is 17.1 Å². The number of hydrogen-bond donors (Lipinski definition) is 2. The van der Waals surface area contributed by atoms with Crippen molar-refractivity contribution in [1.29, 1.82) is 0 Å². The molecule has 0 radical (unpaired) electrons. The van der Waals surface area contributed by atoms with Crippen LogP contribution in [0.1, 0.15) is 25.5 Å². The summed E-state index contributed by atoms with van der Waals surface area (Å²) >= 11 is 1.86. The molecule has 0 spiro atoms. The Morgan fingerprint density at radius 3 is 2.40 bits per heavy atom. The van der Waals surface area contributed by atoms with Crippen molar-refractivity contribution in [2.45, 2.75) is 30.9 Å². The lowest BCUT2D eigenvalue weighted by molar-refractivity contribution is 0.172. The zero-order valence-electron chi connectivity index (χ0n) is 12.2. The van der Waals surface area contributed by atoms with Crippen molar-refractivity contribution < 1.29 is 13.5 Å². The zero-order valence-corrected chi connectivity index (χ0v) is 13.8. The molecule has 1 aromatic carbocycles. The van der Waals surface area contributed by atoms with Crippen LogP contribution in [-0.2, 0) is 9.84 Å². The Morgan fingerprint density at radius 2 is 1.90 bits per heavy atom. The van der Waals surface area contributed by atoms with Crippen molar-refractivity contribution in [2.75, 3.05) is 24.3 Å². The number of sulfone groups is 1. The molecule has 0 fully saturated rings. The van der Waals surface area contributed by atoms with Crippen LogP contribution in [0, 0.1) is 0 Å². The third-order valence-corrected chi connectivity index (χ3v) is 5.20. The molecule has 0 aliphatic carbocycles. The molecule has 0 saturated heterocycles. The summed E-state index contributed by atoms with van der Waals surface area (Å²) in [5.74, 6) is 2.10. The van der Waals surface area contributed by atoms with Gasteiger partial charge in [-0.3, -0.25) is 0 Å².